The first kappa shape index (κ1) is 20.2. The molecule has 0 atom stereocenters. The van der Waals surface area contributed by atoms with Gasteiger partial charge in [0.15, 0.2) is 5.96 Å². The number of nitrogens with one attached hydrogen (secondary N) is 2. The lowest BCUT2D eigenvalue weighted by Gasteiger charge is -2.35. The van der Waals surface area contributed by atoms with Gasteiger partial charge in [0.25, 0.3) is 0 Å². The zero-order valence-corrected chi connectivity index (χ0v) is 16.9. The van der Waals surface area contributed by atoms with Crippen LogP contribution in [0.4, 0.5) is 0 Å². The normalized spacial score (nSPS) is 17.0. The lowest BCUT2D eigenvalue weighted by molar-refractivity contribution is 0.167. The molecular weight excluding hydrogens is 399 g/mol. The number of hydrogen-bond acceptors (Lipinski definition) is 2. The average Bonchev–Trinajstić information content (AvgIpc) is 2.55. The van der Waals surface area contributed by atoms with Crippen molar-refractivity contribution in [2.24, 2.45) is 4.99 Å². The van der Waals surface area contributed by atoms with Crippen LogP contribution in [0.1, 0.15) is 32.3 Å². The van der Waals surface area contributed by atoms with Crippen molar-refractivity contribution in [2.75, 3.05) is 26.7 Å². The molecule has 1 aromatic rings. The molecule has 130 valence electrons. The van der Waals surface area contributed by atoms with Crippen molar-refractivity contribution in [1.82, 2.24) is 15.5 Å². The minimum Gasteiger partial charge on any atom is -0.356 e. The van der Waals surface area contributed by atoms with Gasteiger partial charge in [0, 0.05) is 38.8 Å². The van der Waals surface area contributed by atoms with Crippen LogP contribution in [0.15, 0.2) is 35.3 Å². The second kappa shape index (κ2) is 10.9. The summed E-state index contributed by atoms with van der Waals surface area (Å²) >= 11 is 0. The molecule has 1 aliphatic rings. The van der Waals surface area contributed by atoms with Gasteiger partial charge in [-0.25, -0.2) is 0 Å². The van der Waals surface area contributed by atoms with Gasteiger partial charge in [-0.2, -0.15) is 0 Å². The lowest BCUT2D eigenvalue weighted by Crippen LogP contribution is -2.50. The fourth-order valence-electron chi connectivity index (χ4n) is 2.92. The number of halogens is 1. The number of hydrogen-bond donors (Lipinski definition) is 2. The largest absolute Gasteiger partial charge is 0.356 e. The molecule has 4 nitrogen and oxygen atoms in total. The molecule has 0 aromatic heterocycles. The minimum absolute atomic E-state index is 0. The molecule has 1 aromatic carbocycles. The van der Waals surface area contributed by atoms with Crippen LogP contribution >= 0.6 is 24.0 Å². The van der Waals surface area contributed by atoms with Crippen molar-refractivity contribution in [3.8, 4) is 0 Å². The molecule has 1 aliphatic heterocycles. The van der Waals surface area contributed by atoms with Crippen molar-refractivity contribution in [3.63, 3.8) is 0 Å². The van der Waals surface area contributed by atoms with E-state index in [2.05, 4.69) is 64.7 Å². The van der Waals surface area contributed by atoms with E-state index in [1.165, 1.54) is 31.5 Å². The van der Waals surface area contributed by atoms with Gasteiger partial charge in [0.05, 0.1) is 0 Å². The molecule has 0 radical (unpaired) electrons. The Hall–Kier alpha value is -0.820. The number of piperidine rings is 1. The van der Waals surface area contributed by atoms with Crippen molar-refractivity contribution < 1.29 is 0 Å². The number of rotatable bonds is 5. The third-order valence-electron chi connectivity index (χ3n) is 4.37. The van der Waals surface area contributed by atoms with Crippen LogP contribution in [0.3, 0.4) is 0 Å². The summed E-state index contributed by atoms with van der Waals surface area (Å²) in [6.07, 6.45) is 3.41. The highest BCUT2D eigenvalue weighted by molar-refractivity contribution is 14.0. The van der Waals surface area contributed by atoms with E-state index >= 15 is 0 Å². The van der Waals surface area contributed by atoms with Crippen LogP contribution in [-0.2, 0) is 6.42 Å². The van der Waals surface area contributed by atoms with Gasteiger partial charge >= 0.3 is 0 Å². The van der Waals surface area contributed by atoms with Crippen molar-refractivity contribution in [1.29, 1.82) is 0 Å². The first-order valence-electron chi connectivity index (χ1n) is 8.44. The Labute approximate surface area is 158 Å². The van der Waals surface area contributed by atoms with Crippen molar-refractivity contribution in [2.45, 2.75) is 45.2 Å². The summed E-state index contributed by atoms with van der Waals surface area (Å²) in [4.78, 5) is 6.89. The molecule has 0 saturated carbocycles. The smallest absolute Gasteiger partial charge is 0.191 e. The summed E-state index contributed by atoms with van der Waals surface area (Å²) in [7, 11) is 1.85. The molecule has 0 aliphatic carbocycles. The van der Waals surface area contributed by atoms with Gasteiger partial charge in [0.1, 0.15) is 0 Å². The van der Waals surface area contributed by atoms with Gasteiger partial charge in [-0.05, 0) is 38.7 Å². The minimum atomic E-state index is 0. The fraction of sp³-hybridized carbons (Fsp3) is 0.611. The Bertz CT molecular complexity index is 453. The number of nitrogens with zero attached hydrogens (tertiary/aromatic N) is 2. The highest BCUT2D eigenvalue weighted by Gasteiger charge is 2.21. The molecular formula is C18H31IN4. The molecule has 2 N–H and O–H groups in total. The number of likely N-dealkylation sites (tertiary alicyclic amines) is 1. The molecule has 1 fully saturated rings. The molecule has 1 saturated heterocycles. The lowest BCUT2D eigenvalue weighted by atomic mass is 10.0. The summed E-state index contributed by atoms with van der Waals surface area (Å²) < 4.78 is 0. The Balaban J connectivity index is 0.00000264. The van der Waals surface area contributed by atoms with Crippen LogP contribution in [0.25, 0.3) is 0 Å². The van der Waals surface area contributed by atoms with Crippen LogP contribution in [0, 0.1) is 0 Å². The maximum Gasteiger partial charge on any atom is 0.191 e. The van der Waals surface area contributed by atoms with Gasteiger partial charge < -0.3 is 15.5 Å². The third-order valence-corrected chi connectivity index (χ3v) is 4.37. The Kier molecular flexibility index (Phi) is 9.55. The van der Waals surface area contributed by atoms with Crippen LogP contribution in [0.5, 0.6) is 0 Å². The summed E-state index contributed by atoms with van der Waals surface area (Å²) in [5.41, 5.74) is 1.36. The third kappa shape index (κ3) is 7.08. The van der Waals surface area contributed by atoms with E-state index in [1.807, 2.05) is 7.05 Å². The fourth-order valence-corrected chi connectivity index (χ4v) is 2.92. The molecule has 23 heavy (non-hydrogen) atoms. The van der Waals surface area contributed by atoms with E-state index in [4.69, 9.17) is 0 Å². The molecule has 1 heterocycles. The zero-order chi connectivity index (χ0) is 15.8. The molecule has 5 heteroatoms. The maximum absolute atomic E-state index is 4.35. The standard InChI is InChI=1S/C18H30N4.HI/c1-15(2)22-13-10-17(11-14-22)21-18(19-3)20-12-9-16-7-5-4-6-8-16;/h4-8,15,17H,9-14H2,1-3H3,(H2,19,20,21);1H. The zero-order valence-electron chi connectivity index (χ0n) is 14.6. The summed E-state index contributed by atoms with van der Waals surface area (Å²) in [6, 6.07) is 11.8. The van der Waals surface area contributed by atoms with E-state index in [0.29, 0.717) is 12.1 Å². The Morgan fingerprint density at radius 1 is 1.22 bits per heavy atom. The van der Waals surface area contributed by atoms with Gasteiger partial charge in [-0.1, -0.05) is 30.3 Å². The second-order valence-corrected chi connectivity index (χ2v) is 6.28. The SMILES string of the molecule is CN=C(NCCc1ccccc1)NC1CCN(C(C)C)CC1.I. The molecule has 0 bridgehead atoms. The van der Waals surface area contributed by atoms with Crippen LogP contribution in [0.2, 0.25) is 0 Å². The van der Waals surface area contributed by atoms with E-state index < -0.39 is 0 Å². The summed E-state index contributed by atoms with van der Waals surface area (Å²) in [5, 5.41) is 6.99. The first-order chi connectivity index (χ1) is 10.7. The molecule has 2 rings (SSSR count). The van der Waals surface area contributed by atoms with Gasteiger partial charge in [-0.3, -0.25) is 4.99 Å². The topological polar surface area (TPSA) is 39.7 Å². The number of aliphatic imine (C=N–C) groups is 1. The van der Waals surface area contributed by atoms with Crippen LogP contribution in [-0.4, -0.2) is 49.6 Å². The van der Waals surface area contributed by atoms with E-state index in [0.717, 1.165) is 18.9 Å². The van der Waals surface area contributed by atoms with E-state index in [9.17, 15) is 0 Å². The molecule has 0 unspecified atom stereocenters. The second-order valence-electron chi connectivity index (χ2n) is 6.28. The number of benzene rings is 1. The Morgan fingerprint density at radius 3 is 2.43 bits per heavy atom. The molecule has 0 spiro atoms. The summed E-state index contributed by atoms with van der Waals surface area (Å²) in [5.74, 6) is 0.930. The monoisotopic (exact) mass is 430 g/mol. The molecule has 0 amide bonds. The maximum atomic E-state index is 4.35. The average molecular weight is 430 g/mol. The van der Waals surface area contributed by atoms with Crippen molar-refractivity contribution >= 4 is 29.9 Å². The van der Waals surface area contributed by atoms with E-state index in [1.54, 1.807) is 0 Å². The quantitative estimate of drug-likeness (QED) is 0.429. The van der Waals surface area contributed by atoms with Crippen LogP contribution < -0.4 is 10.6 Å². The van der Waals surface area contributed by atoms with Gasteiger partial charge in [0.2, 0.25) is 0 Å². The Morgan fingerprint density at radius 2 is 1.87 bits per heavy atom. The predicted octanol–water partition coefficient (Wildman–Crippen LogP) is 2.88. The van der Waals surface area contributed by atoms with Gasteiger partial charge in [-0.15, -0.1) is 24.0 Å². The highest BCUT2D eigenvalue weighted by Crippen LogP contribution is 2.12. The summed E-state index contributed by atoms with van der Waals surface area (Å²) in [6.45, 7) is 7.82. The predicted molar refractivity (Wildman–Crippen MR) is 110 cm³/mol. The first-order valence-corrected chi connectivity index (χ1v) is 8.44. The highest BCUT2D eigenvalue weighted by atomic mass is 127. The van der Waals surface area contributed by atoms with Crippen molar-refractivity contribution in [3.05, 3.63) is 35.9 Å². The van der Waals surface area contributed by atoms with E-state index in [-0.39, 0.29) is 24.0 Å². The number of guanidine groups is 1.